The lowest BCUT2D eigenvalue weighted by Crippen LogP contribution is -2.28. The van der Waals surface area contributed by atoms with Gasteiger partial charge in [-0.3, -0.25) is 4.79 Å². The van der Waals surface area contributed by atoms with Gasteiger partial charge in [-0.2, -0.15) is 0 Å². The number of hydrogen-bond acceptors (Lipinski definition) is 2. The van der Waals surface area contributed by atoms with Gasteiger partial charge >= 0.3 is 0 Å². The van der Waals surface area contributed by atoms with Crippen LogP contribution >= 0.6 is 0 Å². The van der Waals surface area contributed by atoms with Crippen LogP contribution in [-0.2, 0) is 4.74 Å². The van der Waals surface area contributed by atoms with Crippen molar-refractivity contribution < 1.29 is 9.53 Å². The number of carbonyl (C=O) groups is 1. The summed E-state index contributed by atoms with van der Waals surface area (Å²) in [5.74, 6) is 0.880. The molecule has 0 spiro atoms. The first-order valence-electron chi connectivity index (χ1n) is 7.51. The molecule has 1 aliphatic carbocycles. The number of benzene rings is 1. The van der Waals surface area contributed by atoms with Crippen LogP contribution in [0.2, 0.25) is 0 Å². The predicted molar refractivity (Wildman–Crippen MR) is 77.4 cm³/mol. The third-order valence-electron chi connectivity index (χ3n) is 4.12. The van der Waals surface area contributed by atoms with Crippen molar-refractivity contribution in [3.05, 3.63) is 35.9 Å². The number of Topliss-reactive ketones (excluding diaryl/α,β-unsaturated/α-hetero) is 1. The van der Waals surface area contributed by atoms with E-state index in [9.17, 15) is 4.79 Å². The molecule has 2 atom stereocenters. The molecule has 0 aliphatic heterocycles. The van der Waals surface area contributed by atoms with Crippen LogP contribution in [0.1, 0.15) is 55.8 Å². The van der Waals surface area contributed by atoms with Gasteiger partial charge in [0.25, 0.3) is 0 Å². The minimum Gasteiger partial charge on any atom is -0.377 e. The molecule has 2 rings (SSSR count). The van der Waals surface area contributed by atoms with Gasteiger partial charge in [0.1, 0.15) is 0 Å². The van der Waals surface area contributed by atoms with Gasteiger partial charge in [-0.1, -0.05) is 56.5 Å². The normalized spacial score (nSPS) is 23.2. The fraction of sp³-hybridized carbons (Fsp3) is 0.588. The lowest BCUT2D eigenvalue weighted by atomic mass is 9.85. The minimum atomic E-state index is 0.185. The summed E-state index contributed by atoms with van der Waals surface area (Å²) in [5, 5.41) is 0. The lowest BCUT2D eigenvalue weighted by Gasteiger charge is -2.30. The number of ether oxygens (including phenoxy) is 1. The van der Waals surface area contributed by atoms with Crippen molar-refractivity contribution in [2.45, 2.75) is 51.6 Å². The topological polar surface area (TPSA) is 26.3 Å². The maximum Gasteiger partial charge on any atom is 0.165 e. The van der Waals surface area contributed by atoms with Crippen LogP contribution in [0, 0.1) is 5.92 Å². The van der Waals surface area contributed by atoms with Gasteiger partial charge in [0, 0.05) is 12.0 Å². The molecule has 2 heteroatoms. The number of hydrogen-bond donors (Lipinski definition) is 0. The summed E-state index contributed by atoms with van der Waals surface area (Å²) in [6.45, 7) is 2.80. The van der Waals surface area contributed by atoms with Crippen molar-refractivity contribution in [1.82, 2.24) is 0 Å². The van der Waals surface area contributed by atoms with Gasteiger partial charge in [0.05, 0.1) is 12.7 Å². The smallest absolute Gasteiger partial charge is 0.165 e. The molecule has 0 heterocycles. The Morgan fingerprint density at radius 2 is 1.95 bits per heavy atom. The van der Waals surface area contributed by atoms with E-state index in [-0.39, 0.29) is 5.78 Å². The standard InChI is InChI=1S/C17H24O2/c1-2-14-8-6-7-11-17(14)19-13-12-16(18)15-9-4-3-5-10-15/h3-5,9-10,14,17H,2,6-8,11-13H2,1H3. The zero-order valence-corrected chi connectivity index (χ0v) is 11.8. The van der Waals surface area contributed by atoms with Crippen LogP contribution in [-0.4, -0.2) is 18.5 Å². The summed E-state index contributed by atoms with van der Waals surface area (Å²) < 4.78 is 5.96. The largest absolute Gasteiger partial charge is 0.377 e. The molecule has 0 bridgehead atoms. The minimum absolute atomic E-state index is 0.185. The van der Waals surface area contributed by atoms with E-state index < -0.39 is 0 Å². The molecule has 2 unspecified atom stereocenters. The fourth-order valence-electron chi connectivity index (χ4n) is 2.93. The number of carbonyl (C=O) groups excluding carboxylic acids is 1. The molecule has 19 heavy (non-hydrogen) atoms. The Morgan fingerprint density at radius 1 is 1.21 bits per heavy atom. The maximum absolute atomic E-state index is 12.0. The summed E-state index contributed by atoms with van der Waals surface area (Å²) in [7, 11) is 0. The second-order valence-corrected chi connectivity index (χ2v) is 5.40. The Kier molecular flexibility index (Phi) is 5.59. The molecule has 1 saturated carbocycles. The van der Waals surface area contributed by atoms with E-state index in [4.69, 9.17) is 4.74 Å². The van der Waals surface area contributed by atoms with Crippen molar-refractivity contribution in [3.63, 3.8) is 0 Å². The van der Waals surface area contributed by atoms with Gasteiger partial charge in [0.2, 0.25) is 0 Å². The summed E-state index contributed by atoms with van der Waals surface area (Å²) in [6.07, 6.45) is 7.12. The van der Waals surface area contributed by atoms with Crippen LogP contribution in [0.15, 0.2) is 30.3 Å². The maximum atomic E-state index is 12.0. The van der Waals surface area contributed by atoms with E-state index in [1.54, 1.807) is 0 Å². The third kappa shape index (κ3) is 4.17. The van der Waals surface area contributed by atoms with Crippen LogP contribution in [0.4, 0.5) is 0 Å². The van der Waals surface area contributed by atoms with E-state index in [0.717, 1.165) is 12.0 Å². The van der Waals surface area contributed by atoms with Crippen molar-refractivity contribution in [1.29, 1.82) is 0 Å². The highest BCUT2D eigenvalue weighted by atomic mass is 16.5. The number of rotatable bonds is 6. The van der Waals surface area contributed by atoms with Gasteiger partial charge in [-0.25, -0.2) is 0 Å². The molecule has 1 aliphatic rings. The summed E-state index contributed by atoms with van der Waals surface area (Å²) in [5.41, 5.74) is 0.793. The summed E-state index contributed by atoms with van der Waals surface area (Å²) in [6, 6.07) is 9.49. The Balaban J connectivity index is 1.75. The first kappa shape index (κ1) is 14.3. The molecule has 0 N–H and O–H groups in total. The SMILES string of the molecule is CCC1CCCCC1OCCC(=O)c1ccccc1. The molecule has 0 amide bonds. The van der Waals surface area contributed by atoms with Crippen molar-refractivity contribution in [3.8, 4) is 0 Å². The Labute approximate surface area is 116 Å². The van der Waals surface area contributed by atoms with E-state index >= 15 is 0 Å². The molecule has 1 aromatic rings. The highest BCUT2D eigenvalue weighted by Gasteiger charge is 2.24. The predicted octanol–water partition coefficient (Wildman–Crippen LogP) is 4.24. The van der Waals surface area contributed by atoms with Crippen molar-refractivity contribution in [2.75, 3.05) is 6.61 Å². The zero-order chi connectivity index (χ0) is 13.5. The number of ketones is 1. The fourth-order valence-corrected chi connectivity index (χ4v) is 2.93. The van der Waals surface area contributed by atoms with Gasteiger partial charge in [-0.15, -0.1) is 0 Å². The highest BCUT2D eigenvalue weighted by molar-refractivity contribution is 5.96. The highest BCUT2D eigenvalue weighted by Crippen LogP contribution is 2.29. The van der Waals surface area contributed by atoms with E-state index in [1.165, 1.54) is 25.7 Å². The average Bonchev–Trinajstić information content (AvgIpc) is 2.48. The van der Waals surface area contributed by atoms with Gasteiger partial charge in [-0.05, 0) is 18.8 Å². The Morgan fingerprint density at radius 3 is 2.68 bits per heavy atom. The van der Waals surface area contributed by atoms with E-state index in [0.29, 0.717) is 25.0 Å². The molecule has 1 fully saturated rings. The van der Waals surface area contributed by atoms with Crippen LogP contribution in [0.5, 0.6) is 0 Å². The van der Waals surface area contributed by atoms with Crippen LogP contribution in [0.3, 0.4) is 0 Å². The molecular formula is C17H24O2. The van der Waals surface area contributed by atoms with E-state index in [1.807, 2.05) is 30.3 Å². The zero-order valence-electron chi connectivity index (χ0n) is 11.8. The molecule has 1 aromatic carbocycles. The monoisotopic (exact) mass is 260 g/mol. The van der Waals surface area contributed by atoms with Crippen molar-refractivity contribution >= 4 is 5.78 Å². The van der Waals surface area contributed by atoms with Crippen molar-refractivity contribution in [2.24, 2.45) is 5.92 Å². The Hall–Kier alpha value is -1.15. The molecule has 0 aromatic heterocycles. The molecular weight excluding hydrogens is 236 g/mol. The quantitative estimate of drug-likeness (QED) is 0.715. The Bertz CT molecular complexity index is 386. The van der Waals surface area contributed by atoms with E-state index in [2.05, 4.69) is 6.92 Å². The van der Waals surface area contributed by atoms with Gasteiger partial charge in [0.15, 0.2) is 5.78 Å². The average molecular weight is 260 g/mol. The second kappa shape index (κ2) is 7.44. The van der Waals surface area contributed by atoms with Gasteiger partial charge < -0.3 is 4.74 Å². The second-order valence-electron chi connectivity index (χ2n) is 5.40. The van der Waals surface area contributed by atoms with Crippen LogP contribution in [0.25, 0.3) is 0 Å². The molecule has 0 saturated heterocycles. The first-order valence-corrected chi connectivity index (χ1v) is 7.51. The summed E-state index contributed by atoms with van der Waals surface area (Å²) >= 11 is 0. The van der Waals surface area contributed by atoms with Crippen LogP contribution < -0.4 is 0 Å². The third-order valence-corrected chi connectivity index (χ3v) is 4.12. The first-order chi connectivity index (χ1) is 9.31. The molecule has 2 nitrogen and oxygen atoms in total. The molecule has 104 valence electrons. The summed E-state index contributed by atoms with van der Waals surface area (Å²) in [4.78, 5) is 12.0. The lowest BCUT2D eigenvalue weighted by molar-refractivity contribution is -0.0113. The molecule has 0 radical (unpaired) electrons.